The van der Waals surface area contributed by atoms with Crippen LogP contribution < -0.4 is 0 Å². The molecule has 1 rings (SSSR count). The maximum atomic E-state index is 4.50. The Labute approximate surface area is 109 Å². The van der Waals surface area contributed by atoms with Gasteiger partial charge in [0.2, 0.25) is 0 Å². The van der Waals surface area contributed by atoms with Gasteiger partial charge in [-0.05, 0) is 62.4 Å². The van der Waals surface area contributed by atoms with E-state index >= 15 is 0 Å². The van der Waals surface area contributed by atoms with Gasteiger partial charge in [-0.3, -0.25) is 0 Å². The molecule has 67 valence electrons. The first-order valence-corrected chi connectivity index (χ1v) is 4.67. The summed E-state index contributed by atoms with van der Waals surface area (Å²) in [6.45, 7) is 10.8. The van der Waals surface area contributed by atoms with Crippen LogP contribution in [-0.4, -0.2) is 29.6 Å². The Hall–Kier alpha value is 0.570. The second kappa shape index (κ2) is 4.88. The Bertz CT molecular complexity index is 224. The number of rotatable bonds is 0. The summed E-state index contributed by atoms with van der Waals surface area (Å²) in [5, 5.41) is 0. The minimum absolute atomic E-state index is 0. The normalized spacial score (nSPS) is 9.69. The maximum Gasteiger partial charge on any atom is 0.0104 e. The maximum absolute atomic E-state index is 4.50. The molecule has 0 atom stereocenters. The van der Waals surface area contributed by atoms with Crippen molar-refractivity contribution in [3.63, 3.8) is 0 Å². The molecular formula is C11H16NaS. The summed E-state index contributed by atoms with van der Waals surface area (Å²) in [6, 6.07) is 0. The number of benzene rings is 1. The summed E-state index contributed by atoms with van der Waals surface area (Å²) in [6.07, 6.45) is 0. The number of thiol groups is 1. The van der Waals surface area contributed by atoms with Crippen LogP contribution in [-0.2, 0) is 0 Å². The molecule has 2 heteroatoms. The summed E-state index contributed by atoms with van der Waals surface area (Å²) >= 11 is 4.50. The van der Waals surface area contributed by atoms with Crippen molar-refractivity contribution in [2.45, 2.75) is 39.5 Å². The molecule has 0 aliphatic carbocycles. The van der Waals surface area contributed by atoms with E-state index in [-0.39, 0.29) is 29.6 Å². The van der Waals surface area contributed by atoms with Crippen molar-refractivity contribution in [3.05, 3.63) is 27.8 Å². The molecule has 0 saturated carbocycles. The van der Waals surface area contributed by atoms with Gasteiger partial charge < -0.3 is 0 Å². The first-order chi connectivity index (χ1) is 5.46. The van der Waals surface area contributed by atoms with E-state index in [0.29, 0.717) is 0 Å². The predicted octanol–water partition coefficient (Wildman–Crippen LogP) is 3.14. The van der Waals surface area contributed by atoms with Gasteiger partial charge in [0, 0.05) is 34.5 Å². The molecule has 0 heterocycles. The van der Waals surface area contributed by atoms with Gasteiger partial charge in [-0.1, -0.05) is 0 Å². The van der Waals surface area contributed by atoms with Crippen molar-refractivity contribution >= 4 is 42.2 Å². The smallest absolute Gasteiger partial charge is 0.0104 e. The van der Waals surface area contributed by atoms with Crippen LogP contribution in [0, 0.1) is 34.6 Å². The molecule has 0 amide bonds. The zero-order valence-corrected chi connectivity index (χ0v) is 12.3. The minimum Gasteiger partial charge on any atom is -0.143 e. The van der Waals surface area contributed by atoms with Crippen LogP contribution >= 0.6 is 12.6 Å². The Balaban J connectivity index is 0.00000144. The quantitative estimate of drug-likeness (QED) is 0.486. The Morgan fingerprint density at radius 3 is 1.15 bits per heavy atom. The van der Waals surface area contributed by atoms with Crippen LogP contribution in [0.15, 0.2) is 4.90 Å². The molecule has 0 nitrogen and oxygen atoms in total. The van der Waals surface area contributed by atoms with E-state index in [4.69, 9.17) is 0 Å². The molecule has 0 N–H and O–H groups in total. The zero-order valence-electron chi connectivity index (χ0n) is 9.45. The molecule has 0 unspecified atom stereocenters. The van der Waals surface area contributed by atoms with E-state index in [1.165, 1.54) is 27.8 Å². The van der Waals surface area contributed by atoms with Gasteiger partial charge in [0.1, 0.15) is 0 Å². The minimum atomic E-state index is 0. The third kappa shape index (κ3) is 2.33. The third-order valence-electron chi connectivity index (χ3n) is 2.96. The summed E-state index contributed by atoms with van der Waals surface area (Å²) in [4.78, 5) is 1.15. The SMILES string of the molecule is Cc1c(C)c(C)c(S)c(C)c1C.[Na]. The molecule has 1 aromatic carbocycles. The van der Waals surface area contributed by atoms with E-state index in [1.54, 1.807) is 0 Å². The molecule has 1 aromatic rings. The molecule has 0 aliphatic rings. The first kappa shape index (κ1) is 13.6. The van der Waals surface area contributed by atoms with Crippen molar-refractivity contribution in [2.24, 2.45) is 0 Å². The van der Waals surface area contributed by atoms with Crippen LogP contribution in [0.1, 0.15) is 27.8 Å². The van der Waals surface area contributed by atoms with Crippen molar-refractivity contribution in [1.82, 2.24) is 0 Å². The van der Waals surface area contributed by atoms with Gasteiger partial charge >= 0.3 is 0 Å². The van der Waals surface area contributed by atoms with Gasteiger partial charge in [-0.2, -0.15) is 0 Å². The van der Waals surface area contributed by atoms with Gasteiger partial charge in [0.15, 0.2) is 0 Å². The molecule has 0 aliphatic heterocycles. The average Bonchev–Trinajstić information content (AvgIpc) is 2.08. The largest absolute Gasteiger partial charge is 0.143 e. The van der Waals surface area contributed by atoms with Crippen LogP contribution in [0.4, 0.5) is 0 Å². The third-order valence-corrected chi connectivity index (χ3v) is 3.63. The number of hydrogen-bond donors (Lipinski definition) is 1. The Morgan fingerprint density at radius 1 is 0.615 bits per heavy atom. The topological polar surface area (TPSA) is 0 Å². The Morgan fingerprint density at radius 2 is 0.846 bits per heavy atom. The fourth-order valence-corrected chi connectivity index (χ4v) is 1.82. The summed E-state index contributed by atoms with van der Waals surface area (Å²) in [5.74, 6) is 0. The van der Waals surface area contributed by atoms with Crippen LogP contribution in [0.3, 0.4) is 0 Å². The zero-order chi connectivity index (χ0) is 9.46. The second-order valence-electron chi connectivity index (χ2n) is 3.47. The van der Waals surface area contributed by atoms with E-state index < -0.39 is 0 Å². The molecule has 0 aromatic heterocycles. The summed E-state index contributed by atoms with van der Waals surface area (Å²) < 4.78 is 0. The molecule has 0 fully saturated rings. The molecular weight excluding hydrogens is 187 g/mol. The van der Waals surface area contributed by atoms with Crippen molar-refractivity contribution < 1.29 is 0 Å². The van der Waals surface area contributed by atoms with Crippen LogP contribution in [0.2, 0.25) is 0 Å². The molecule has 0 saturated heterocycles. The van der Waals surface area contributed by atoms with E-state index in [2.05, 4.69) is 47.2 Å². The van der Waals surface area contributed by atoms with Crippen LogP contribution in [0.25, 0.3) is 0 Å². The molecule has 1 radical (unpaired) electrons. The summed E-state index contributed by atoms with van der Waals surface area (Å²) in [7, 11) is 0. The van der Waals surface area contributed by atoms with Crippen molar-refractivity contribution in [3.8, 4) is 0 Å². The van der Waals surface area contributed by atoms with Crippen LogP contribution in [0.5, 0.6) is 0 Å². The Kier molecular flexibility index (Phi) is 5.09. The molecule has 0 bridgehead atoms. The number of hydrogen-bond acceptors (Lipinski definition) is 1. The fraction of sp³-hybridized carbons (Fsp3) is 0.455. The van der Waals surface area contributed by atoms with Crippen molar-refractivity contribution in [1.29, 1.82) is 0 Å². The first-order valence-electron chi connectivity index (χ1n) is 4.22. The molecule has 0 spiro atoms. The van der Waals surface area contributed by atoms with E-state index in [9.17, 15) is 0 Å². The van der Waals surface area contributed by atoms with Gasteiger partial charge in [0.25, 0.3) is 0 Å². The summed E-state index contributed by atoms with van der Waals surface area (Å²) in [5.41, 5.74) is 6.80. The van der Waals surface area contributed by atoms with Gasteiger partial charge in [0.05, 0.1) is 0 Å². The standard InChI is InChI=1S/C11H16S.Na/c1-6-7(2)9(4)11(12)10(5)8(6)3;/h12H,1-5H3;. The van der Waals surface area contributed by atoms with E-state index in [0.717, 1.165) is 4.90 Å². The molecule has 13 heavy (non-hydrogen) atoms. The second-order valence-corrected chi connectivity index (χ2v) is 3.92. The average molecular weight is 203 g/mol. The van der Waals surface area contributed by atoms with Crippen molar-refractivity contribution in [2.75, 3.05) is 0 Å². The predicted molar refractivity (Wildman–Crippen MR) is 63.1 cm³/mol. The fourth-order valence-electron chi connectivity index (χ4n) is 1.48. The van der Waals surface area contributed by atoms with Gasteiger partial charge in [-0.15, -0.1) is 12.6 Å². The van der Waals surface area contributed by atoms with E-state index in [1.807, 2.05) is 0 Å². The monoisotopic (exact) mass is 203 g/mol. The van der Waals surface area contributed by atoms with Gasteiger partial charge in [-0.25, -0.2) is 0 Å².